The lowest BCUT2D eigenvalue weighted by atomic mass is 10.1. The minimum atomic E-state index is 0.153. The number of hydrogen-bond donors (Lipinski definition) is 1. The maximum atomic E-state index is 6.15. The van der Waals surface area contributed by atoms with Crippen LogP contribution in [0.1, 0.15) is 42.2 Å². The third-order valence-corrected chi connectivity index (χ3v) is 5.32. The van der Waals surface area contributed by atoms with Crippen LogP contribution in [0.25, 0.3) is 0 Å². The molecule has 2 aromatic heterocycles. The molecule has 0 aliphatic carbocycles. The van der Waals surface area contributed by atoms with Crippen molar-refractivity contribution in [3.8, 4) is 0 Å². The van der Waals surface area contributed by atoms with Crippen molar-refractivity contribution in [2.24, 2.45) is 0 Å². The molecule has 0 spiro atoms. The molecule has 6 heteroatoms. The molecule has 0 aliphatic rings. The maximum absolute atomic E-state index is 6.15. The summed E-state index contributed by atoms with van der Waals surface area (Å²) in [5, 5.41) is 6.65. The molecule has 2 nitrogen and oxygen atoms in total. The second-order valence-electron chi connectivity index (χ2n) is 4.22. The molecule has 0 radical (unpaired) electrons. The summed E-state index contributed by atoms with van der Waals surface area (Å²) in [5.74, 6) is 0. The molecular formula is C12H14Cl2N2S2. The molecule has 98 valence electrons. The van der Waals surface area contributed by atoms with E-state index in [4.69, 9.17) is 23.2 Å². The van der Waals surface area contributed by atoms with Crippen molar-refractivity contribution >= 4 is 45.9 Å². The molecule has 2 atom stereocenters. The summed E-state index contributed by atoms with van der Waals surface area (Å²) in [6.07, 6.45) is 0. The molecule has 1 N–H and O–H groups in total. The van der Waals surface area contributed by atoms with Gasteiger partial charge in [0.1, 0.15) is 5.01 Å². The van der Waals surface area contributed by atoms with Crippen molar-refractivity contribution < 1.29 is 0 Å². The quantitative estimate of drug-likeness (QED) is 0.834. The molecule has 0 bridgehead atoms. The van der Waals surface area contributed by atoms with Gasteiger partial charge in [-0.05, 0) is 32.4 Å². The number of aromatic nitrogens is 1. The molecule has 0 amide bonds. The molecule has 2 heterocycles. The molecule has 0 saturated heterocycles. The van der Waals surface area contributed by atoms with Crippen LogP contribution in [0.5, 0.6) is 0 Å². The van der Waals surface area contributed by atoms with E-state index in [0.717, 1.165) is 24.9 Å². The zero-order valence-electron chi connectivity index (χ0n) is 10.3. The van der Waals surface area contributed by atoms with Crippen molar-refractivity contribution in [1.29, 1.82) is 0 Å². The van der Waals surface area contributed by atoms with Crippen molar-refractivity contribution in [3.63, 3.8) is 0 Å². The smallest absolute Gasteiger partial charge is 0.110 e. The minimum Gasteiger partial charge on any atom is -0.301 e. The van der Waals surface area contributed by atoms with Crippen molar-refractivity contribution in [2.75, 3.05) is 0 Å². The standard InChI is InChI=1S/C12H14Cl2N2S2/c1-6-5-17-12(15-6)8(3)16-7(2)9-4-10(13)18-11(9)14/h4-5,7-8,16H,1-3H3. The van der Waals surface area contributed by atoms with Crippen LogP contribution in [-0.4, -0.2) is 4.98 Å². The Morgan fingerprint density at radius 2 is 2.00 bits per heavy atom. The second-order valence-corrected chi connectivity index (χ2v) is 7.39. The topological polar surface area (TPSA) is 24.9 Å². The van der Waals surface area contributed by atoms with Gasteiger partial charge in [0.05, 0.1) is 14.7 Å². The first-order valence-electron chi connectivity index (χ1n) is 5.60. The highest BCUT2D eigenvalue weighted by Crippen LogP contribution is 2.35. The first-order valence-corrected chi connectivity index (χ1v) is 8.05. The van der Waals surface area contributed by atoms with Crippen LogP contribution in [0.4, 0.5) is 0 Å². The van der Waals surface area contributed by atoms with Gasteiger partial charge < -0.3 is 5.32 Å². The zero-order chi connectivity index (χ0) is 13.3. The predicted molar refractivity (Wildman–Crippen MR) is 81.2 cm³/mol. The lowest BCUT2D eigenvalue weighted by Gasteiger charge is -2.18. The minimum absolute atomic E-state index is 0.153. The Bertz CT molecular complexity index is 536. The Kier molecular flexibility index (Phi) is 4.67. The lowest BCUT2D eigenvalue weighted by molar-refractivity contribution is 0.493. The van der Waals surface area contributed by atoms with E-state index in [1.165, 1.54) is 11.3 Å². The largest absolute Gasteiger partial charge is 0.301 e. The number of thiophene rings is 1. The van der Waals surface area contributed by atoms with E-state index in [0.29, 0.717) is 0 Å². The fourth-order valence-corrected chi connectivity index (χ4v) is 4.21. The Morgan fingerprint density at radius 3 is 2.50 bits per heavy atom. The van der Waals surface area contributed by atoms with Gasteiger partial charge in [-0.3, -0.25) is 0 Å². The highest BCUT2D eigenvalue weighted by atomic mass is 35.5. The molecule has 2 rings (SSSR count). The number of aryl methyl sites for hydroxylation is 1. The summed E-state index contributed by atoms with van der Waals surface area (Å²) in [7, 11) is 0. The Hall–Kier alpha value is -0.130. The van der Waals surface area contributed by atoms with E-state index in [9.17, 15) is 0 Å². The van der Waals surface area contributed by atoms with Gasteiger partial charge in [0.2, 0.25) is 0 Å². The number of halogens is 2. The fraction of sp³-hybridized carbons (Fsp3) is 0.417. The zero-order valence-corrected chi connectivity index (χ0v) is 13.5. The SMILES string of the molecule is Cc1csc(C(C)NC(C)c2cc(Cl)sc2Cl)n1. The van der Waals surface area contributed by atoms with Gasteiger partial charge in [-0.2, -0.15) is 0 Å². The van der Waals surface area contributed by atoms with E-state index >= 15 is 0 Å². The van der Waals surface area contributed by atoms with E-state index in [1.54, 1.807) is 11.3 Å². The summed E-state index contributed by atoms with van der Waals surface area (Å²) in [6.45, 7) is 6.20. The summed E-state index contributed by atoms with van der Waals surface area (Å²) in [5.41, 5.74) is 2.11. The van der Waals surface area contributed by atoms with Crippen LogP contribution in [0, 0.1) is 6.92 Å². The number of nitrogens with one attached hydrogen (secondary N) is 1. The first kappa shape index (κ1) is 14.3. The highest BCUT2D eigenvalue weighted by Gasteiger charge is 2.17. The molecule has 0 aromatic carbocycles. The lowest BCUT2D eigenvalue weighted by Crippen LogP contribution is -2.22. The third kappa shape index (κ3) is 3.25. The Balaban J connectivity index is 2.07. The van der Waals surface area contributed by atoms with E-state index < -0.39 is 0 Å². The monoisotopic (exact) mass is 320 g/mol. The Morgan fingerprint density at radius 1 is 1.28 bits per heavy atom. The van der Waals surface area contributed by atoms with Gasteiger partial charge in [0, 0.05) is 17.1 Å². The molecule has 0 aliphatic heterocycles. The van der Waals surface area contributed by atoms with Gasteiger partial charge in [-0.15, -0.1) is 22.7 Å². The van der Waals surface area contributed by atoms with Gasteiger partial charge in [0.25, 0.3) is 0 Å². The van der Waals surface area contributed by atoms with Crippen molar-refractivity contribution in [2.45, 2.75) is 32.9 Å². The fourth-order valence-electron chi connectivity index (χ4n) is 1.76. The van der Waals surface area contributed by atoms with Crippen LogP contribution in [0.2, 0.25) is 8.67 Å². The summed E-state index contributed by atoms with van der Waals surface area (Å²) < 4.78 is 1.48. The number of nitrogens with zero attached hydrogens (tertiary/aromatic N) is 1. The number of hydrogen-bond acceptors (Lipinski definition) is 4. The van der Waals surface area contributed by atoms with E-state index in [1.807, 2.05) is 13.0 Å². The third-order valence-electron chi connectivity index (χ3n) is 2.66. The normalized spacial score (nSPS) is 14.7. The second kappa shape index (κ2) is 5.88. The van der Waals surface area contributed by atoms with Crippen molar-refractivity contribution in [1.82, 2.24) is 10.3 Å². The number of thiazole rings is 1. The van der Waals surface area contributed by atoms with E-state index in [-0.39, 0.29) is 12.1 Å². The van der Waals surface area contributed by atoms with Gasteiger partial charge in [-0.1, -0.05) is 23.2 Å². The van der Waals surface area contributed by atoms with Crippen LogP contribution >= 0.6 is 45.9 Å². The first-order chi connectivity index (χ1) is 8.47. The van der Waals surface area contributed by atoms with Crippen LogP contribution < -0.4 is 5.32 Å². The molecular weight excluding hydrogens is 307 g/mol. The van der Waals surface area contributed by atoms with Gasteiger partial charge in [0.15, 0.2) is 0 Å². The number of rotatable bonds is 4. The van der Waals surface area contributed by atoms with Gasteiger partial charge in [-0.25, -0.2) is 4.98 Å². The van der Waals surface area contributed by atoms with Crippen LogP contribution in [0.3, 0.4) is 0 Å². The average Bonchev–Trinajstić information content (AvgIpc) is 2.84. The van der Waals surface area contributed by atoms with E-state index in [2.05, 4.69) is 29.5 Å². The average molecular weight is 321 g/mol. The summed E-state index contributed by atoms with van der Waals surface area (Å²) in [4.78, 5) is 4.48. The molecule has 0 saturated carbocycles. The molecule has 0 fully saturated rings. The maximum Gasteiger partial charge on any atom is 0.110 e. The summed E-state index contributed by atoms with van der Waals surface area (Å²) >= 11 is 15.2. The Labute approximate surface area is 125 Å². The molecule has 2 unspecified atom stereocenters. The summed E-state index contributed by atoms with van der Waals surface area (Å²) in [6, 6.07) is 2.28. The molecule has 18 heavy (non-hydrogen) atoms. The molecule has 2 aromatic rings. The van der Waals surface area contributed by atoms with Gasteiger partial charge >= 0.3 is 0 Å². The van der Waals surface area contributed by atoms with Crippen molar-refractivity contribution in [3.05, 3.63) is 36.4 Å². The van der Waals surface area contributed by atoms with Crippen LogP contribution in [-0.2, 0) is 0 Å². The van der Waals surface area contributed by atoms with Crippen LogP contribution in [0.15, 0.2) is 11.4 Å². The predicted octanol–water partition coefficient (Wildman–Crippen LogP) is 5.23. The highest BCUT2D eigenvalue weighted by molar-refractivity contribution is 7.20.